The van der Waals surface area contributed by atoms with Gasteiger partial charge in [-0.25, -0.2) is 4.68 Å². The van der Waals surface area contributed by atoms with Crippen LogP contribution in [0.15, 0.2) is 18.2 Å². The number of nitrogens with zero attached hydrogens (tertiary/aromatic N) is 3. The number of likely N-dealkylation sites (tertiary alicyclic amines) is 1. The molecule has 0 N–H and O–H groups in total. The summed E-state index contributed by atoms with van der Waals surface area (Å²) in [4.78, 5) is 14.0. The first kappa shape index (κ1) is 17.7. The fraction of sp³-hybridized carbons (Fsp3) is 0.500. The Kier molecular flexibility index (Phi) is 4.01. The highest BCUT2D eigenvalue weighted by atomic mass is 19.4. The quantitative estimate of drug-likeness (QED) is 0.791. The summed E-state index contributed by atoms with van der Waals surface area (Å²) < 4.78 is 46.9. The van der Waals surface area contributed by atoms with Crippen molar-refractivity contribution in [1.82, 2.24) is 14.7 Å². The van der Waals surface area contributed by atoms with Crippen LogP contribution in [0.1, 0.15) is 40.9 Å². The molecular formula is C20H20F3N3O2. The van der Waals surface area contributed by atoms with Crippen molar-refractivity contribution in [3.63, 3.8) is 0 Å². The van der Waals surface area contributed by atoms with Gasteiger partial charge in [-0.1, -0.05) is 6.07 Å². The molecule has 0 unspecified atom stereocenters. The van der Waals surface area contributed by atoms with Gasteiger partial charge in [0.1, 0.15) is 0 Å². The zero-order valence-electron chi connectivity index (χ0n) is 15.3. The Bertz CT molecular complexity index is 951. The van der Waals surface area contributed by atoms with Crippen molar-refractivity contribution in [3.05, 3.63) is 46.3 Å². The fourth-order valence-electron chi connectivity index (χ4n) is 4.67. The van der Waals surface area contributed by atoms with Gasteiger partial charge in [0, 0.05) is 31.0 Å². The summed E-state index contributed by atoms with van der Waals surface area (Å²) in [6.07, 6.45) is -1.04. The maximum Gasteiger partial charge on any atom is 0.435 e. The molecule has 8 heteroatoms. The highest BCUT2D eigenvalue weighted by molar-refractivity contribution is 5.78. The van der Waals surface area contributed by atoms with Crippen LogP contribution in [-0.4, -0.2) is 39.8 Å². The number of ether oxygens (including phenoxy) is 1. The maximum atomic E-state index is 13.4. The van der Waals surface area contributed by atoms with E-state index in [1.54, 1.807) is 0 Å². The second kappa shape index (κ2) is 6.34. The van der Waals surface area contributed by atoms with E-state index in [9.17, 15) is 18.0 Å². The Labute approximate surface area is 160 Å². The Hall–Kier alpha value is -2.35. The van der Waals surface area contributed by atoms with E-state index in [4.69, 9.17) is 4.74 Å². The van der Waals surface area contributed by atoms with Crippen molar-refractivity contribution in [2.24, 2.45) is 0 Å². The van der Waals surface area contributed by atoms with Crippen LogP contribution in [0.5, 0.6) is 0 Å². The molecule has 148 valence electrons. The molecule has 28 heavy (non-hydrogen) atoms. The summed E-state index contributed by atoms with van der Waals surface area (Å²) in [6.45, 7) is 1.13. The second-order valence-corrected chi connectivity index (χ2v) is 7.69. The van der Waals surface area contributed by atoms with E-state index in [0.29, 0.717) is 30.8 Å². The van der Waals surface area contributed by atoms with E-state index in [1.807, 2.05) is 23.1 Å². The van der Waals surface area contributed by atoms with Gasteiger partial charge in [0.15, 0.2) is 5.69 Å². The average molecular weight is 391 g/mol. The zero-order chi connectivity index (χ0) is 19.5. The van der Waals surface area contributed by atoms with Crippen molar-refractivity contribution >= 4 is 5.91 Å². The van der Waals surface area contributed by atoms with Crippen LogP contribution < -0.4 is 0 Å². The van der Waals surface area contributed by atoms with E-state index in [-0.39, 0.29) is 24.1 Å². The number of alkyl halides is 3. The molecule has 1 aliphatic carbocycles. The van der Waals surface area contributed by atoms with Crippen molar-refractivity contribution in [2.75, 3.05) is 13.2 Å². The standard InChI is InChI=1S/C20H20F3N3O2/c21-20(22,23)19-16-11-28-7-5-17(16)26(24-19)14-4-3-12-8-15(10-13(12)9-14)25-6-1-2-18(25)27/h3-4,9,15H,1-2,5-8,10-11H2/t15-/m1/s1. The number of benzene rings is 1. The van der Waals surface area contributed by atoms with Gasteiger partial charge in [-0.2, -0.15) is 18.3 Å². The lowest BCUT2D eigenvalue weighted by Gasteiger charge is -2.23. The van der Waals surface area contributed by atoms with Crippen molar-refractivity contribution in [3.8, 4) is 5.69 Å². The summed E-state index contributed by atoms with van der Waals surface area (Å²) in [5.41, 5.74) is 2.74. The molecule has 5 rings (SSSR count). The molecule has 1 fully saturated rings. The van der Waals surface area contributed by atoms with Crippen LogP contribution in [0.25, 0.3) is 5.69 Å². The van der Waals surface area contributed by atoms with E-state index < -0.39 is 11.9 Å². The van der Waals surface area contributed by atoms with Gasteiger partial charge in [0.25, 0.3) is 0 Å². The zero-order valence-corrected chi connectivity index (χ0v) is 15.3. The fourth-order valence-corrected chi connectivity index (χ4v) is 4.67. The van der Waals surface area contributed by atoms with E-state index in [1.165, 1.54) is 4.68 Å². The first-order valence-electron chi connectivity index (χ1n) is 9.59. The summed E-state index contributed by atoms with van der Waals surface area (Å²) in [7, 11) is 0. The average Bonchev–Trinajstić information content (AvgIpc) is 3.35. The molecule has 1 atom stereocenters. The molecule has 0 radical (unpaired) electrons. The first-order chi connectivity index (χ1) is 13.4. The third kappa shape index (κ3) is 2.82. The van der Waals surface area contributed by atoms with Crippen LogP contribution in [0.2, 0.25) is 0 Å². The summed E-state index contributed by atoms with van der Waals surface area (Å²) in [5.74, 6) is 0.203. The SMILES string of the molecule is O=C1CCCN1[C@@H]1Cc2ccc(-n3nc(C(F)(F)F)c4c3CCOC4)cc2C1. The lowest BCUT2D eigenvalue weighted by atomic mass is 10.1. The van der Waals surface area contributed by atoms with E-state index >= 15 is 0 Å². The first-order valence-corrected chi connectivity index (χ1v) is 9.59. The lowest BCUT2D eigenvalue weighted by molar-refractivity contribution is -0.142. The van der Waals surface area contributed by atoms with Crippen LogP contribution in [0, 0.1) is 0 Å². The summed E-state index contributed by atoms with van der Waals surface area (Å²) in [5, 5.41) is 3.91. The van der Waals surface area contributed by atoms with Crippen LogP contribution >= 0.6 is 0 Å². The molecule has 1 saturated heterocycles. The van der Waals surface area contributed by atoms with Gasteiger partial charge in [-0.3, -0.25) is 4.79 Å². The molecule has 0 bridgehead atoms. The van der Waals surface area contributed by atoms with Gasteiger partial charge in [0.2, 0.25) is 5.91 Å². The molecule has 1 aromatic carbocycles. The van der Waals surface area contributed by atoms with E-state index in [0.717, 1.165) is 36.9 Å². The number of amides is 1. The number of hydrogen-bond donors (Lipinski definition) is 0. The molecule has 1 aromatic heterocycles. The normalized spacial score (nSPS) is 21.9. The van der Waals surface area contributed by atoms with E-state index in [2.05, 4.69) is 5.10 Å². The molecule has 3 heterocycles. The number of carbonyl (C=O) groups is 1. The minimum absolute atomic E-state index is 0.0612. The van der Waals surface area contributed by atoms with Gasteiger partial charge in [-0.05, 0) is 42.5 Å². The Morgan fingerprint density at radius 1 is 1.14 bits per heavy atom. The number of carbonyl (C=O) groups excluding carboxylic acids is 1. The topological polar surface area (TPSA) is 47.4 Å². The molecule has 0 spiro atoms. The summed E-state index contributed by atoms with van der Waals surface area (Å²) >= 11 is 0. The molecule has 0 saturated carbocycles. The lowest BCUT2D eigenvalue weighted by Crippen LogP contribution is -2.36. The highest BCUT2D eigenvalue weighted by Crippen LogP contribution is 2.36. The number of fused-ring (bicyclic) bond motifs is 2. The molecule has 5 nitrogen and oxygen atoms in total. The number of rotatable bonds is 2. The third-order valence-electron chi connectivity index (χ3n) is 5.98. The van der Waals surface area contributed by atoms with Crippen LogP contribution in [-0.2, 0) is 41.6 Å². The Morgan fingerprint density at radius 2 is 1.96 bits per heavy atom. The van der Waals surface area contributed by atoms with Gasteiger partial charge < -0.3 is 9.64 Å². The van der Waals surface area contributed by atoms with Crippen molar-refractivity contribution in [1.29, 1.82) is 0 Å². The van der Waals surface area contributed by atoms with Gasteiger partial charge >= 0.3 is 6.18 Å². The predicted octanol–water partition coefficient (Wildman–Crippen LogP) is 3.05. The Morgan fingerprint density at radius 3 is 2.71 bits per heavy atom. The molecule has 2 aromatic rings. The predicted molar refractivity (Wildman–Crippen MR) is 94.1 cm³/mol. The minimum Gasteiger partial charge on any atom is -0.376 e. The van der Waals surface area contributed by atoms with Crippen molar-refractivity contribution in [2.45, 2.75) is 50.9 Å². The number of halogens is 3. The smallest absolute Gasteiger partial charge is 0.376 e. The largest absolute Gasteiger partial charge is 0.435 e. The van der Waals surface area contributed by atoms with Gasteiger partial charge in [-0.15, -0.1) is 0 Å². The number of aromatic nitrogens is 2. The van der Waals surface area contributed by atoms with Gasteiger partial charge in [0.05, 0.1) is 24.6 Å². The molecule has 1 amide bonds. The van der Waals surface area contributed by atoms with Crippen LogP contribution in [0.4, 0.5) is 13.2 Å². The number of hydrogen-bond acceptors (Lipinski definition) is 3. The van der Waals surface area contributed by atoms with Crippen LogP contribution in [0.3, 0.4) is 0 Å². The molecule has 2 aliphatic heterocycles. The summed E-state index contributed by atoms with van der Waals surface area (Å²) in [6, 6.07) is 5.88. The van der Waals surface area contributed by atoms with Crippen molar-refractivity contribution < 1.29 is 22.7 Å². The highest BCUT2D eigenvalue weighted by Gasteiger charge is 2.40. The molecule has 3 aliphatic rings. The third-order valence-corrected chi connectivity index (χ3v) is 5.98. The molecular weight excluding hydrogens is 371 g/mol. The Balaban J connectivity index is 1.50. The minimum atomic E-state index is -4.51. The maximum absolute atomic E-state index is 13.4. The second-order valence-electron chi connectivity index (χ2n) is 7.69. The monoisotopic (exact) mass is 391 g/mol.